The fraction of sp³-hybridized carbons (Fsp3) is 0.0714. The van der Waals surface area contributed by atoms with Crippen molar-refractivity contribution in [2.24, 2.45) is 10.8 Å². The summed E-state index contributed by atoms with van der Waals surface area (Å²) in [6.45, 7) is 0. The summed E-state index contributed by atoms with van der Waals surface area (Å²) in [4.78, 5) is 3.78. The van der Waals surface area contributed by atoms with Crippen LogP contribution in [0.15, 0.2) is 53.9 Å². The quantitative estimate of drug-likeness (QED) is 0.356. The Hall–Kier alpha value is -2.20. The molecule has 6 N–H and O–H groups in total. The van der Waals surface area contributed by atoms with Crippen molar-refractivity contribution in [3.8, 4) is 11.5 Å². The van der Waals surface area contributed by atoms with Gasteiger partial charge in [-0.3, -0.25) is 10.4 Å². The molecule has 9 heteroatoms. The van der Waals surface area contributed by atoms with Crippen LogP contribution in [-0.2, 0) is 16.8 Å². The van der Waals surface area contributed by atoms with Gasteiger partial charge in [-0.05, 0) is 36.5 Å². The van der Waals surface area contributed by atoms with Gasteiger partial charge in [-0.2, -0.15) is 5.10 Å². The van der Waals surface area contributed by atoms with Gasteiger partial charge >= 0.3 is 22.5 Å². The Labute approximate surface area is 150 Å². The van der Waals surface area contributed by atoms with Crippen molar-refractivity contribution in [3.63, 3.8) is 0 Å². The number of hydrazone groups is 1. The molecule has 0 aliphatic carbocycles. The molecule has 2 rings (SSSR count). The van der Waals surface area contributed by atoms with E-state index in [1.54, 1.807) is 30.6 Å². The van der Waals surface area contributed by atoms with Crippen LogP contribution in [0.5, 0.6) is 11.5 Å². The first-order chi connectivity index (χ1) is 10.1. The average Bonchev–Trinajstić information content (AvgIpc) is 2.51. The zero-order valence-electron chi connectivity index (χ0n) is 12.3. The van der Waals surface area contributed by atoms with E-state index in [9.17, 15) is 0 Å². The SMILES string of the molecule is COc1cccc(C=NNC(N)=S)c1[OH2+].[Co+2].[OH-].c1ccncc1. The van der Waals surface area contributed by atoms with Crippen LogP contribution < -0.4 is 15.9 Å². The first kappa shape index (κ1) is 23.1. The summed E-state index contributed by atoms with van der Waals surface area (Å²) in [5.41, 5.74) is 8.22. The van der Waals surface area contributed by atoms with Gasteiger partial charge in [0.15, 0.2) is 5.11 Å². The summed E-state index contributed by atoms with van der Waals surface area (Å²) in [6.07, 6.45) is 4.96. The van der Waals surface area contributed by atoms with E-state index in [-0.39, 0.29) is 33.1 Å². The molecule has 0 unspecified atom stereocenters. The fourth-order valence-electron chi connectivity index (χ4n) is 1.30. The van der Waals surface area contributed by atoms with E-state index in [0.717, 1.165) is 0 Å². The number of rotatable bonds is 3. The third-order valence-corrected chi connectivity index (χ3v) is 2.31. The number of para-hydroxylation sites is 1. The van der Waals surface area contributed by atoms with Gasteiger partial charge in [-0.1, -0.05) is 12.1 Å². The summed E-state index contributed by atoms with van der Waals surface area (Å²) in [5.74, 6) is 0.766. The van der Waals surface area contributed by atoms with Crippen LogP contribution in [0.4, 0.5) is 0 Å². The van der Waals surface area contributed by atoms with E-state index in [2.05, 4.69) is 27.7 Å². The maximum atomic E-state index is 7.72. The van der Waals surface area contributed by atoms with E-state index in [1.807, 2.05) is 18.2 Å². The van der Waals surface area contributed by atoms with Crippen molar-refractivity contribution in [1.29, 1.82) is 0 Å². The van der Waals surface area contributed by atoms with E-state index in [1.165, 1.54) is 13.3 Å². The average molecular weight is 381 g/mol. The van der Waals surface area contributed by atoms with Crippen LogP contribution >= 0.6 is 12.2 Å². The second kappa shape index (κ2) is 13.5. The molecule has 125 valence electrons. The number of ether oxygens (including phenoxy) is 1. The van der Waals surface area contributed by atoms with E-state index in [0.29, 0.717) is 11.3 Å². The summed E-state index contributed by atoms with van der Waals surface area (Å²) in [7, 11) is 1.52. The first-order valence-electron chi connectivity index (χ1n) is 5.97. The Bertz CT molecular complexity index is 573. The maximum Gasteiger partial charge on any atom is 2.00 e. The molecule has 0 atom stereocenters. The van der Waals surface area contributed by atoms with Crippen LogP contribution in [0, 0.1) is 0 Å². The molecule has 0 saturated heterocycles. The molecule has 0 aliphatic heterocycles. The number of hydrogen-bond acceptors (Lipinski definition) is 5. The Balaban J connectivity index is 0. The normalized spacial score (nSPS) is 8.74. The Morgan fingerprint density at radius 3 is 2.39 bits per heavy atom. The van der Waals surface area contributed by atoms with Gasteiger partial charge < -0.3 is 21.1 Å². The van der Waals surface area contributed by atoms with Crippen LogP contribution in [0.3, 0.4) is 0 Å². The fourth-order valence-corrected chi connectivity index (χ4v) is 1.36. The van der Waals surface area contributed by atoms with E-state index < -0.39 is 0 Å². The number of benzene rings is 1. The van der Waals surface area contributed by atoms with E-state index >= 15 is 0 Å². The molecular formula is C14H18CoN4O3S+2. The first-order valence-corrected chi connectivity index (χ1v) is 6.38. The van der Waals surface area contributed by atoms with Gasteiger partial charge in [0.1, 0.15) is 0 Å². The third-order valence-electron chi connectivity index (χ3n) is 2.22. The molecule has 7 nitrogen and oxygen atoms in total. The number of aromatic nitrogens is 1. The van der Waals surface area contributed by atoms with Gasteiger partial charge in [0, 0.05) is 12.4 Å². The van der Waals surface area contributed by atoms with Gasteiger partial charge in [0.25, 0.3) is 0 Å². The number of methoxy groups -OCH3 is 1. The van der Waals surface area contributed by atoms with Crippen molar-refractivity contribution < 1.29 is 32.1 Å². The third kappa shape index (κ3) is 9.42. The number of nitrogens with one attached hydrogen (secondary N) is 1. The van der Waals surface area contributed by atoms with Crippen molar-refractivity contribution in [3.05, 3.63) is 54.4 Å². The van der Waals surface area contributed by atoms with Gasteiger partial charge in [-0.15, -0.1) is 0 Å². The molecule has 0 aliphatic rings. The number of thiocarbonyl (C=S) groups is 1. The molecule has 0 bridgehead atoms. The smallest absolute Gasteiger partial charge is 0.870 e. The van der Waals surface area contributed by atoms with Crippen molar-refractivity contribution in [1.82, 2.24) is 10.4 Å². The number of nitrogens with two attached hydrogens (primary N) is 1. The second-order valence-corrected chi connectivity index (χ2v) is 4.12. The molecule has 0 amide bonds. The molecule has 23 heavy (non-hydrogen) atoms. The predicted octanol–water partition coefficient (Wildman–Crippen LogP) is 1.20. The van der Waals surface area contributed by atoms with Gasteiger partial charge in [-0.25, -0.2) is 0 Å². The number of hydrogen-bond donors (Lipinski definition) is 2. The Morgan fingerprint density at radius 2 is 1.96 bits per heavy atom. The molecule has 2 aromatic rings. The molecule has 0 fully saturated rings. The Morgan fingerprint density at radius 1 is 1.30 bits per heavy atom. The Kier molecular flexibility index (Phi) is 13.5. The van der Waals surface area contributed by atoms with Crippen molar-refractivity contribution in [2.75, 3.05) is 7.11 Å². The second-order valence-electron chi connectivity index (χ2n) is 3.68. The van der Waals surface area contributed by atoms with Gasteiger partial charge in [0.2, 0.25) is 5.75 Å². The van der Waals surface area contributed by atoms with Crippen LogP contribution in [0.2, 0.25) is 0 Å². The molecular weight excluding hydrogens is 363 g/mol. The molecule has 0 saturated carbocycles. The summed E-state index contributed by atoms with van der Waals surface area (Å²) >= 11 is 4.57. The maximum absolute atomic E-state index is 7.72. The number of pyridine rings is 1. The molecule has 1 heterocycles. The minimum atomic E-state index is 0. The van der Waals surface area contributed by atoms with E-state index in [4.69, 9.17) is 15.6 Å². The molecule has 1 aromatic carbocycles. The topological polar surface area (TPSA) is 125 Å². The standard InChI is InChI=1S/C9H11N3O2S.C5H5N.Co.H2O/c1-14-7-4-2-3-6(8(7)13)5-11-12-9(10)15;1-2-4-6-5-3-1;;/h2-5,13H,1H3,(H3,10,12,15);1-5H;;1H2/q;;+2;. The zero-order chi connectivity index (χ0) is 15.5. The molecule has 1 radical (unpaired) electrons. The van der Waals surface area contributed by atoms with Gasteiger partial charge in [0.05, 0.1) is 18.9 Å². The number of nitrogens with zero attached hydrogens (tertiary/aromatic N) is 2. The van der Waals surface area contributed by atoms with Crippen LogP contribution in [0.1, 0.15) is 5.56 Å². The zero-order valence-corrected chi connectivity index (χ0v) is 14.1. The summed E-state index contributed by atoms with van der Waals surface area (Å²) < 4.78 is 4.99. The van der Waals surface area contributed by atoms with Crippen LogP contribution in [0.25, 0.3) is 0 Å². The van der Waals surface area contributed by atoms with Crippen molar-refractivity contribution >= 4 is 23.5 Å². The van der Waals surface area contributed by atoms with Crippen molar-refractivity contribution in [2.45, 2.75) is 0 Å². The minimum Gasteiger partial charge on any atom is -0.870 e. The minimum absolute atomic E-state index is 0. The van der Waals surface area contributed by atoms with Crippen LogP contribution in [-0.4, -0.2) is 34.0 Å². The predicted molar refractivity (Wildman–Crippen MR) is 89.7 cm³/mol. The molecule has 0 spiro atoms. The summed E-state index contributed by atoms with van der Waals surface area (Å²) in [5, 5.41) is 11.6. The molecule has 1 aromatic heterocycles. The largest absolute Gasteiger partial charge is 2.00 e. The summed E-state index contributed by atoms with van der Waals surface area (Å²) in [6, 6.07) is 10.9. The monoisotopic (exact) mass is 381 g/mol.